The van der Waals surface area contributed by atoms with Crippen molar-refractivity contribution in [2.45, 2.75) is 0 Å². The third-order valence-electron chi connectivity index (χ3n) is 5.15. The van der Waals surface area contributed by atoms with Gasteiger partial charge < -0.3 is 14.1 Å². The monoisotopic (exact) mass is 376 g/mol. The van der Waals surface area contributed by atoms with Crippen molar-refractivity contribution >= 4 is 28.0 Å². The summed E-state index contributed by atoms with van der Waals surface area (Å²) in [5, 5.41) is 0.988. The van der Waals surface area contributed by atoms with Crippen LogP contribution in [0.2, 0.25) is 0 Å². The van der Waals surface area contributed by atoms with E-state index in [1.54, 1.807) is 6.20 Å². The van der Waals surface area contributed by atoms with Crippen molar-refractivity contribution in [2.24, 2.45) is 0 Å². The van der Waals surface area contributed by atoms with Crippen LogP contribution in [0.4, 0.5) is 17.1 Å². The number of hydrogen-bond acceptors (Lipinski definition) is 4. The first-order chi connectivity index (χ1) is 14.4. The van der Waals surface area contributed by atoms with Crippen LogP contribution in [0.25, 0.3) is 22.2 Å². The van der Waals surface area contributed by atoms with Gasteiger partial charge in [-0.15, -0.1) is 0 Å². The Hall–Kier alpha value is -4.05. The first-order valence-electron chi connectivity index (χ1n) is 9.49. The molecule has 0 aliphatic carbocycles. The molecule has 4 nitrogen and oxygen atoms in total. The van der Waals surface area contributed by atoms with E-state index in [1.165, 1.54) is 0 Å². The zero-order valence-corrected chi connectivity index (χ0v) is 15.4. The number of ether oxygens (including phenoxy) is 1. The average molecular weight is 376 g/mol. The fourth-order valence-corrected chi connectivity index (χ4v) is 3.88. The molecule has 0 saturated heterocycles. The van der Waals surface area contributed by atoms with E-state index in [1.807, 2.05) is 66.7 Å². The molecule has 29 heavy (non-hydrogen) atoms. The van der Waals surface area contributed by atoms with Crippen molar-refractivity contribution in [1.29, 1.82) is 0 Å². The number of para-hydroxylation sites is 4. The Morgan fingerprint density at radius 2 is 1.55 bits per heavy atom. The molecule has 2 aromatic heterocycles. The van der Waals surface area contributed by atoms with Crippen LogP contribution in [-0.4, -0.2) is 4.98 Å². The molecule has 0 fully saturated rings. The van der Waals surface area contributed by atoms with Crippen molar-refractivity contribution in [3.63, 3.8) is 0 Å². The zero-order valence-electron chi connectivity index (χ0n) is 15.4. The van der Waals surface area contributed by atoms with E-state index >= 15 is 0 Å². The summed E-state index contributed by atoms with van der Waals surface area (Å²) in [4.78, 5) is 6.70. The summed E-state index contributed by atoms with van der Waals surface area (Å²) >= 11 is 0. The van der Waals surface area contributed by atoms with E-state index < -0.39 is 0 Å². The van der Waals surface area contributed by atoms with Crippen LogP contribution in [0.3, 0.4) is 0 Å². The molecule has 0 unspecified atom stereocenters. The second-order valence-electron chi connectivity index (χ2n) is 6.88. The molecule has 4 heteroatoms. The molecule has 5 aromatic rings. The van der Waals surface area contributed by atoms with Crippen molar-refractivity contribution < 1.29 is 9.15 Å². The fourth-order valence-electron chi connectivity index (χ4n) is 3.88. The first-order valence-corrected chi connectivity index (χ1v) is 9.49. The highest BCUT2D eigenvalue weighted by molar-refractivity contribution is 6.06. The lowest BCUT2D eigenvalue weighted by molar-refractivity contribution is 0.358. The predicted molar refractivity (Wildman–Crippen MR) is 114 cm³/mol. The van der Waals surface area contributed by atoms with Gasteiger partial charge in [0, 0.05) is 22.8 Å². The van der Waals surface area contributed by atoms with Crippen LogP contribution >= 0.6 is 0 Å². The Labute approximate surface area is 167 Å². The van der Waals surface area contributed by atoms with Gasteiger partial charge in [0.25, 0.3) is 0 Å². The second-order valence-corrected chi connectivity index (χ2v) is 6.88. The van der Waals surface area contributed by atoms with Gasteiger partial charge in [0.05, 0.1) is 11.4 Å². The normalized spacial score (nSPS) is 12.3. The minimum atomic E-state index is 0.492. The molecule has 0 saturated carbocycles. The number of aromatic nitrogens is 1. The van der Waals surface area contributed by atoms with Crippen molar-refractivity contribution in [2.75, 3.05) is 4.90 Å². The van der Waals surface area contributed by atoms with E-state index in [2.05, 4.69) is 34.1 Å². The standard InChI is InChI=1S/C25H16N2O2/c1-2-9-17(10-3-1)27-21-14-4-5-15-22(21)28-25-23(27)19-12-8-11-18(24(19)29-25)20-13-6-7-16-26-20/h1-16H. The highest BCUT2D eigenvalue weighted by Gasteiger charge is 2.32. The minimum absolute atomic E-state index is 0.492. The SMILES string of the molecule is c1ccc(N2c3ccccc3Oc3oc4c(-c5ccccn5)cccc4c32)cc1. The van der Waals surface area contributed by atoms with Gasteiger partial charge in [0.2, 0.25) is 0 Å². The maximum Gasteiger partial charge on any atom is 0.316 e. The second kappa shape index (κ2) is 6.24. The van der Waals surface area contributed by atoms with Crippen LogP contribution < -0.4 is 9.64 Å². The Bertz CT molecular complexity index is 1330. The van der Waals surface area contributed by atoms with Crippen LogP contribution in [-0.2, 0) is 0 Å². The number of furan rings is 1. The third kappa shape index (κ3) is 2.43. The van der Waals surface area contributed by atoms with Gasteiger partial charge in [0.1, 0.15) is 11.3 Å². The molecule has 6 rings (SSSR count). The topological polar surface area (TPSA) is 38.5 Å². The number of hydrogen-bond donors (Lipinski definition) is 0. The summed E-state index contributed by atoms with van der Waals surface area (Å²) in [6, 6.07) is 30.3. The molecule has 0 amide bonds. The molecule has 0 N–H and O–H groups in total. The van der Waals surface area contributed by atoms with Gasteiger partial charge in [-0.3, -0.25) is 4.98 Å². The Kier molecular flexibility index (Phi) is 3.43. The summed E-state index contributed by atoms with van der Waals surface area (Å²) < 4.78 is 12.5. The lowest BCUT2D eigenvalue weighted by Crippen LogP contribution is -2.14. The number of fused-ring (bicyclic) bond motifs is 4. The van der Waals surface area contributed by atoms with Gasteiger partial charge in [-0.05, 0) is 48.5 Å². The molecule has 0 spiro atoms. The van der Waals surface area contributed by atoms with Gasteiger partial charge in [-0.1, -0.05) is 42.5 Å². The molecule has 0 atom stereocenters. The van der Waals surface area contributed by atoms with Crippen molar-refractivity contribution in [3.05, 3.63) is 97.2 Å². The number of benzene rings is 3. The molecule has 1 aliphatic heterocycles. The van der Waals surface area contributed by atoms with Crippen LogP contribution in [0, 0.1) is 0 Å². The van der Waals surface area contributed by atoms with Gasteiger partial charge in [-0.2, -0.15) is 0 Å². The quantitative estimate of drug-likeness (QED) is 0.324. The fraction of sp³-hybridized carbons (Fsp3) is 0. The zero-order chi connectivity index (χ0) is 19.2. The van der Waals surface area contributed by atoms with Crippen molar-refractivity contribution in [1.82, 2.24) is 4.98 Å². The first kappa shape index (κ1) is 16.0. The van der Waals surface area contributed by atoms with E-state index in [4.69, 9.17) is 9.15 Å². The van der Waals surface area contributed by atoms with Gasteiger partial charge in [-0.25, -0.2) is 0 Å². The number of rotatable bonds is 2. The van der Waals surface area contributed by atoms with E-state index in [9.17, 15) is 0 Å². The van der Waals surface area contributed by atoms with Gasteiger partial charge in [0.15, 0.2) is 5.75 Å². The summed E-state index contributed by atoms with van der Waals surface area (Å²) in [5.41, 5.74) is 5.52. The number of pyridine rings is 1. The van der Waals surface area contributed by atoms with Gasteiger partial charge >= 0.3 is 5.95 Å². The lowest BCUT2D eigenvalue weighted by Gasteiger charge is -2.30. The molecular formula is C25H16N2O2. The van der Waals surface area contributed by atoms with E-state index in [0.29, 0.717) is 5.95 Å². The van der Waals surface area contributed by atoms with Crippen LogP contribution in [0.15, 0.2) is 102 Å². The molecule has 138 valence electrons. The van der Waals surface area contributed by atoms with E-state index in [-0.39, 0.29) is 0 Å². The highest BCUT2D eigenvalue weighted by Crippen LogP contribution is 2.55. The maximum absolute atomic E-state index is 6.28. The molecule has 3 heterocycles. The Morgan fingerprint density at radius 1 is 0.724 bits per heavy atom. The van der Waals surface area contributed by atoms with Crippen LogP contribution in [0.1, 0.15) is 0 Å². The number of nitrogens with zero attached hydrogens (tertiary/aromatic N) is 2. The molecule has 1 aliphatic rings. The van der Waals surface area contributed by atoms with E-state index in [0.717, 1.165) is 45.0 Å². The summed E-state index contributed by atoms with van der Waals surface area (Å²) in [5.74, 6) is 1.26. The summed E-state index contributed by atoms with van der Waals surface area (Å²) in [7, 11) is 0. The smallest absolute Gasteiger partial charge is 0.316 e. The third-order valence-corrected chi connectivity index (χ3v) is 5.15. The lowest BCUT2D eigenvalue weighted by atomic mass is 10.1. The van der Waals surface area contributed by atoms with Crippen molar-refractivity contribution in [3.8, 4) is 23.0 Å². The Morgan fingerprint density at radius 3 is 2.41 bits per heavy atom. The molecule has 0 bridgehead atoms. The molecular weight excluding hydrogens is 360 g/mol. The average Bonchev–Trinajstić information content (AvgIpc) is 3.16. The maximum atomic E-state index is 6.28. The largest absolute Gasteiger partial charge is 0.423 e. The molecule has 3 aromatic carbocycles. The predicted octanol–water partition coefficient (Wildman–Crippen LogP) is 7.07. The summed E-state index contributed by atoms with van der Waals surface area (Å²) in [6.45, 7) is 0. The Balaban J connectivity index is 1.66. The minimum Gasteiger partial charge on any atom is -0.423 e. The highest BCUT2D eigenvalue weighted by atomic mass is 16.6. The van der Waals surface area contributed by atoms with Crippen LogP contribution in [0.5, 0.6) is 11.7 Å². The number of anilines is 3. The molecule has 0 radical (unpaired) electrons. The summed E-state index contributed by atoms with van der Waals surface area (Å²) in [6.07, 6.45) is 1.79.